The molecule has 2 aliphatic rings. The van der Waals surface area contributed by atoms with Gasteiger partial charge in [0.25, 0.3) is 0 Å². The van der Waals surface area contributed by atoms with E-state index in [1.165, 1.54) is 6.07 Å². The molecule has 2 aliphatic heterocycles. The van der Waals surface area contributed by atoms with Crippen molar-refractivity contribution in [1.82, 2.24) is 14.7 Å². The quantitative estimate of drug-likeness (QED) is 0.788. The monoisotopic (exact) mass is 406 g/mol. The van der Waals surface area contributed by atoms with Gasteiger partial charge in [-0.1, -0.05) is 12.1 Å². The van der Waals surface area contributed by atoms with Crippen LogP contribution >= 0.6 is 0 Å². The van der Waals surface area contributed by atoms with Crippen molar-refractivity contribution in [2.45, 2.75) is 32.2 Å². The topological polar surface area (TPSA) is 65.1 Å². The molecule has 0 spiro atoms. The molecule has 1 unspecified atom stereocenters. The summed E-state index contributed by atoms with van der Waals surface area (Å²) in [6.07, 6.45) is 2.60. The molecule has 0 aliphatic carbocycles. The minimum atomic E-state index is -0.456. The number of anilines is 1. The van der Waals surface area contributed by atoms with Crippen LogP contribution in [-0.2, 0) is 9.53 Å². The molecule has 0 saturated carbocycles. The number of carbonyl (C=O) groups is 2. The van der Waals surface area contributed by atoms with Gasteiger partial charge in [-0.05, 0) is 31.4 Å². The highest BCUT2D eigenvalue weighted by Crippen LogP contribution is 2.19. The van der Waals surface area contributed by atoms with E-state index in [0.717, 1.165) is 52.1 Å². The molecule has 0 aromatic heterocycles. The summed E-state index contributed by atoms with van der Waals surface area (Å²) < 4.78 is 19.2. The molecule has 0 radical (unpaired) electrons. The maximum atomic E-state index is 13.8. The Morgan fingerprint density at radius 3 is 2.72 bits per heavy atom. The molecule has 29 heavy (non-hydrogen) atoms. The van der Waals surface area contributed by atoms with Crippen LogP contribution in [-0.4, -0.2) is 85.2 Å². The summed E-state index contributed by atoms with van der Waals surface area (Å²) in [5.41, 5.74) is 0.175. The number of benzene rings is 1. The fraction of sp³-hybridized carbons (Fsp3) is 0.619. The third-order valence-electron chi connectivity index (χ3n) is 5.62. The highest BCUT2D eigenvalue weighted by Gasteiger charge is 2.29. The lowest BCUT2D eigenvalue weighted by Crippen LogP contribution is -2.52. The zero-order chi connectivity index (χ0) is 20.6. The normalized spacial score (nSPS) is 20.3. The Morgan fingerprint density at radius 2 is 2.00 bits per heavy atom. The minimum absolute atomic E-state index is 0.00249. The smallest absolute Gasteiger partial charge is 0.321 e. The molecule has 1 aromatic rings. The van der Waals surface area contributed by atoms with Gasteiger partial charge in [0.15, 0.2) is 0 Å². The van der Waals surface area contributed by atoms with E-state index in [0.29, 0.717) is 19.6 Å². The molecule has 160 valence electrons. The van der Waals surface area contributed by atoms with Crippen molar-refractivity contribution in [2.75, 3.05) is 57.8 Å². The third-order valence-corrected chi connectivity index (χ3v) is 5.62. The number of urea groups is 1. The Balaban J connectivity index is 1.53. The molecule has 3 amide bonds. The van der Waals surface area contributed by atoms with Crippen LogP contribution in [0.25, 0.3) is 0 Å². The summed E-state index contributed by atoms with van der Waals surface area (Å²) in [7, 11) is 0. The van der Waals surface area contributed by atoms with E-state index in [4.69, 9.17) is 4.74 Å². The van der Waals surface area contributed by atoms with E-state index in [1.807, 2.05) is 4.90 Å². The van der Waals surface area contributed by atoms with E-state index < -0.39 is 5.82 Å². The fourth-order valence-corrected chi connectivity index (χ4v) is 4.04. The Hall–Kier alpha value is -2.19. The summed E-state index contributed by atoms with van der Waals surface area (Å²) in [5, 5.41) is 2.64. The lowest BCUT2D eigenvalue weighted by Gasteiger charge is -2.39. The SMILES string of the molecule is CC(=O)N(CCCN1CCOCC1)C1CCCN(C(=O)Nc2ccccc2F)C1. The predicted octanol–water partition coefficient (Wildman–Crippen LogP) is 2.39. The Bertz CT molecular complexity index is 696. The number of nitrogens with zero attached hydrogens (tertiary/aromatic N) is 3. The molecule has 3 rings (SSSR count). The van der Waals surface area contributed by atoms with Gasteiger partial charge in [-0.25, -0.2) is 9.18 Å². The van der Waals surface area contributed by atoms with Crippen LogP contribution in [0.15, 0.2) is 24.3 Å². The number of amides is 3. The van der Waals surface area contributed by atoms with E-state index in [1.54, 1.807) is 30.0 Å². The number of hydrogen-bond donors (Lipinski definition) is 1. The van der Waals surface area contributed by atoms with Crippen molar-refractivity contribution in [3.05, 3.63) is 30.1 Å². The Kier molecular flexibility index (Phi) is 7.83. The molecule has 1 atom stereocenters. The number of carbonyl (C=O) groups excluding carboxylic acids is 2. The van der Waals surface area contributed by atoms with Crippen molar-refractivity contribution in [1.29, 1.82) is 0 Å². The molecule has 2 fully saturated rings. The largest absolute Gasteiger partial charge is 0.379 e. The van der Waals surface area contributed by atoms with Crippen molar-refractivity contribution < 1.29 is 18.7 Å². The number of rotatable bonds is 6. The van der Waals surface area contributed by atoms with Crippen LogP contribution in [0.4, 0.5) is 14.9 Å². The number of halogens is 1. The number of piperidine rings is 1. The Labute approximate surface area is 171 Å². The summed E-state index contributed by atoms with van der Waals surface area (Å²) >= 11 is 0. The second-order valence-electron chi connectivity index (χ2n) is 7.67. The van der Waals surface area contributed by atoms with Crippen molar-refractivity contribution in [3.63, 3.8) is 0 Å². The van der Waals surface area contributed by atoms with Crippen molar-refractivity contribution in [3.8, 4) is 0 Å². The van der Waals surface area contributed by atoms with Gasteiger partial charge in [0.2, 0.25) is 5.91 Å². The van der Waals surface area contributed by atoms with Gasteiger partial charge < -0.3 is 19.9 Å². The van der Waals surface area contributed by atoms with Gasteiger partial charge in [0, 0.05) is 52.2 Å². The van der Waals surface area contributed by atoms with Crippen LogP contribution in [0.3, 0.4) is 0 Å². The second-order valence-corrected chi connectivity index (χ2v) is 7.67. The van der Waals surface area contributed by atoms with Gasteiger partial charge in [0.05, 0.1) is 18.9 Å². The fourth-order valence-electron chi connectivity index (χ4n) is 4.04. The van der Waals surface area contributed by atoms with Crippen LogP contribution < -0.4 is 5.32 Å². The molecule has 7 nitrogen and oxygen atoms in total. The number of para-hydroxylation sites is 1. The van der Waals surface area contributed by atoms with Gasteiger partial charge in [-0.3, -0.25) is 9.69 Å². The van der Waals surface area contributed by atoms with E-state index in [9.17, 15) is 14.0 Å². The number of morpholine rings is 1. The number of hydrogen-bond acceptors (Lipinski definition) is 4. The van der Waals surface area contributed by atoms with Gasteiger partial charge in [-0.2, -0.15) is 0 Å². The summed E-state index contributed by atoms with van der Waals surface area (Å²) in [6, 6.07) is 5.81. The average Bonchev–Trinajstić information content (AvgIpc) is 2.73. The van der Waals surface area contributed by atoms with Crippen molar-refractivity contribution in [2.24, 2.45) is 0 Å². The average molecular weight is 407 g/mol. The minimum Gasteiger partial charge on any atom is -0.379 e. The van der Waals surface area contributed by atoms with Crippen LogP contribution in [0, 0.1) is 5.82 Å². The zero-order valence-electron chi connectivity index (χ0n) is 17.1. The zero-order valence-corrected chi connectivity index (χ0v) is 17.1. The van der Waals surface area contributed by atoms with E-state index in [-0.39, 0.29) is 23.7 Å². The molecule has 1 N–H and O–H groups in total. The van der Waals surface area contributed by atoms with Crippen LogP contribution in [0.5, 0.6) is 0 Å². The number of nitrogens with one attached hydrogen (secondary N) is 1. The van der Waals surface area contributed by atoms with Crippen LogP contribution in [0.1, 0.15) is 26.2 Å². The summed E-state index contributed by atoms with van der Waals surface area (Å²) in [4.78, 5) is 30.8. The maximum absolute atomic E-state index is 13.8. The number of ether oxygens (including phenoxy) is 1. The van der Waals surface area contributed by atoms with E-state index >= 15 is 0 Å². The predicted molar refractivity (Wildman–Crippen MR) is 109 cm³/mol. The highest BCUT2D eigenvalue weighted by molar-refractivity contribution is 5.89. The Morgan fingerprint density at radius 1 is 1.24 bits per heavy atom. The molecule has 1 aromatic carbocycles. The molecule has 0 bridgehead atoms. The van der Waals surface area contributed by atoms with Crippen LogP contribution in [0.2, 0.25) is 0 Å². The van der Waals surface area contributed by atoms with Gasteiger partial charge in [-0.15, -0.1) is 0 Å². The first-order chi connectivity index (χ1) is 14.0. The molecular weight excluding hydrogens is 375 g/mol. The standard InChI is InChI=1S/C21H31FN4O3/c1-17(27)26(11-5-9-24-12-14-29-15-13-24)18-6-4-10-25(16-18)21(28)23-20-8-3-2-7-19(20)22/h2-3,7-8,18H,4-6,9-16H2,1H3,(H,23,28). The summed E-state index contributed by atoms with van der Waals surface area (Å²) in [5.74, 6) is -0.420. The van der Waals surface area contributed by atoms with Gasteiger partial charge >= 0.3 is 6.03 Å². The van der Waals surface area contributed by atoms with Gasteiger partial charge in [0.1, 0.15) is 5.82 Å². The number of likely N-dealkylation sites (tertiary alicyclic amines) is 1. The lowest BCUT2D eigenvalue weighted by atomic mass is 10.0. The van der Waals surface area contributed by atoms with E-state index in [2.05, 4.69) is 10.2 Å². The molecule has 8 heteroatoms. The molecular formula is C21H31FN4O3. The first-order valence-electron chi connectivity index (χ1n) is 10.4. The lowest BCUT2D eigenvalue weighted by molar-refractivity contribution is -0.132. The first kappa shape index (κ1) is 21.5. The third kappa shape index (κ3) is 6.14. The molecule has 2 saturated heterocycles. The second kappa shape index (κ2) is 10.5. The molecule has 2 heterocycles. The van der Waals surface area contributed by atoms with Crippen molar-refractivity contribution >= 4 is 17.6 Å². The maximum Gasteiger partial charge on any atom is 0.321 e. The first-order valence-corrected chi connectivity index (χ1v) is 10.4. The summed E-state index contributed by atoms with van der Waals surface area (Å²) in [6.45, 7) is 7.70. The highest BCUT2D eigenvalue weighted by atomic mass is 19.1.